The van der Waals surface area contributed by atoms with Gasteiger partial charge in [-0.3, -0.25) is 20.2 Å². The zero-order valence-electron chi connectivity index (χ0n) is 6.51. The molecular weight excluding hydrogens is 239 g/mol. The van der Waals surface area contributed by atoms with Gasteiger partial charge in [0.05, 0.1) is 9.85 Å². The number of rotatable bonds is 2. The molecule has 0 radical (unpaired) electrons. The second-order valence-corrected chi connectivity index (χ2v) is 2.66. The molecule has 0 atom stereocenters. The standard InChI is InChI=1S/C6H3ClN2O5.Na.H/c7-5-4(10)2-1-3(8(11)12)6(5)9(13)14;;/h1-2,10H;;. The second-order valence-electron chi connectivity index (χ2n) is 2.28. The monoisotopic (exact) mass is 242 g/mol. The van der Waals surface area contributed by atoms with Crippen LogP contribution in [0.15, 0.2) is 12.1 Å². The molecule has 1 aromatic rings. The second kappa shape index (κ2) is 5.26. The zero-order valence-corrected chi connectivity index (χ0v) is 7.26. The molecule has 15 heavy (non-hydrogen) atoms. The molecule has 0 aromatic heterocycles. The number of phenols is 1. The Bertz CT molecular complexity index is 424. The topological polar surface area (TPSA) is 107 Å². The molecule has 0 spiro atoms. The number of hydrogen-bond acceptors (Lipinski definition) is 5. The summed E-state index contributed by atoms with van der Waals surface area (Å²) >= 11 is 5.34. The van der Waals surface area contributed by atoms with E-state index in [0.717, 1.165) is 12.1 Å². The van der Waals surface area contributed by atoms with Crippen LogP contribution in [-0.2, 0) is 0 Å². The Morgan fingerprint density at radius 2 is 1.73 bits per heavy atom. The van der Waals surface area contributed by atoms with Crippen LogP contribution in [0.1, 0.15) is 0 Å². The molecule has 76 valence electrons. The van der Waals surface area contributed by atoms with E-state index in [-0.39, 0.29) is 29.6 Å². The first-order valence-corrected chi connectivity index (χ1v) is 3.63. The zero-order chi connectivity index (χ0) is 10.9. The molecule has 0 aliphatic carbocycles. The number of nitrogens with zero attached hydrogens (tertiary/aromatic N) is 2. The van der Waals surface area contributed by atoms with E-state index in [1.54, 1.807) is 0 Å². The van der Waals surface area contributed by atoms with Gasteiger partial charge in [0.25, 0.3) is 0 Å². The molecule has 1 aromatic carbocycles. The van der Waals surface area contributed by atoms with E-state index in [1.807, 2.05) is 0 Å². The third-order valence-electron chi connectivity index (χ3n) is 1.45. The van der Waals surface area contributed by atoms with Gasteiger partial charge in [0.1, 0.15) is 5.75 Å². The first-order chi connectivity index (χ1) is 6.45. The van der Waals surface area contributed by atoms with Crippen molar-refractivity contribution in [1.29, 1.82) is 0 Å². The molecule has 0 amide bonds. The van der Waals surface area contributed by atoms with Gasteiger partial charge in [0.15, 0.2) is 5.02 Å². The number of halogens is 1. The average Bonchev–Trinajstić information content (AvgIpc) is 2.08. The van der Waals surface area contributed by atoms with Gasteiger partial charge in [-0.05, 0) is 6.07 Å². The number of hydrogen-bond donors (Lipinski definition) is 1. The van der Waals surface area contributed by atoms with Crippen molar-refractivity contribution in [2.45, 2.75) is 0 Å². The Balaban J connectivity index is 0.00000196. The number of aromatic hydroxyl groups is 1. The molecule has 0 saturated carbocycles. The van der Waals surface area contributed by atoms with Crippen molar-refractivity contribution in [3.63, 3.8) is 0 Å². The van der Waals surface area contributed by atoms with Gasteiger partial charge in [-0.2, -0.15) is 0 Å². The molecular formula is C6H4ClN2NaO5. The van der Waals surface area contributed by atoms with Crippen LogP contribution in [0, 0.1) is 20.2 Å². The van der Waals surface area contributed by atoms with Crippen LogP contribution in [0.25, 0.3) is 0 Å². The van der Waals surface area contributed by atoms with Crippen molar-refractivity contribution < 1.29 is 15.0 Å². The number of phenolic OH excluding ortho intramolecular Hbond substituents is 1. The summed E-state index contributed by atoms with van der Waals surface area (Å²) in [5.74, 6) is -0.566. The Labute approximate surface area is 110 Å². The summed E-state index contributed by atoms with van der Waals surface area (Å²) in [6.45, 7) is 0. The minimum atomic E-state index is -1.01. The summed E-state index contributed by atoms with van der Waals surface area (Å²) in [7, 11) is 0. The molecule has 9 heteroatoms. The Morgan fingerprint density at radius 3 is 2.13 bits per heavy atom. The minimum absolute atomic E-state index is 0. The summed E-state index contributed by atoms with van der Waals surface area (Å²) < 4.78 is 0. The van der Waals surface area contributed by atoms with E-state index >= 15 is 0 Å². The first kappa shape index (κ1) is 14.1. The molecule has 0 heterocycles. The van der Waals surface area contributed by atoms with Gasteiger partial charge >= 0.3 is 40.9 Å². The first-order valence-electron chi connectivity index (χ1n) is 3.25. The molecule has 0 fully saturated rings. The van der Waals surface area contributed by atoms with Crippen molar-refractivity contribution in [3.05, 3.63) is 37.4 Å². The summed E-state index contributed by atoms with van der Waals surface area (Å²) in [6, 6.07) is 1.74. The summed E-state index contributed by atoms with van der Waals surface area (Å²) in [5.41, 5.74) is -1.66. The van der Waals surface area contributed by atoms with Crippen LogP contribution in [0.3, 0.4) is 0 Å². The third-order valence-corrected chi connectivity index (χ3v) is 1.83. The van der Waals surface area contributed by atoms with Crippen LogP contribution in [0.5, 0.6) is 5.75 Å². The van der Waals surface area contributed by atoms with Gasteiger partial charge < -0.3 is 5.11 Å². The molecule has 1 N–H and O–H groups in total. The van der Waals surface area contributed by atoms with E-state index in [2.05, 4.69) is 0 Å². The van der Waals surface area contributed by atoms with Crippen LogP contribution in [-0.4, -0.2) is 44.5 Å². The van der Waals surface area contributed by atoms with Gasteiger partial charge in [-0.1, -0.05) is 11.6 Å². The fourth-order valence-electron chi connectivity index (χ4n) is 0.865. The van der Waals surface area contributed by atoms with Crippen molar-refractivity contribution in [2.24, 2.45) is 0 Å². The van der Waals surface area contributed by atoms with Crippen LogP contribution in [0.2, 0.25) is 5.02 Å². The average molecular weight is 243 g/mol. The summed E-state index contributed by atoms with van der Waals surface area (Å²) in [5, 5.41) is 29.1. The molecule has 0 aliphatic heterocycles. The molecule has 0 saturated heterocycles. The van der Waals surface area contributed by atoms with Gasteiger partial charge in [-0.15, -0.1) is 0 Å². The fourth-order valence-corrected chi connectivity index (χ4v) is 1.09. The molecule has 0 bridgehead atoms. The van der Waals surface area contributed by atoms with E-state index in [1.165, 1.54) is 0 Å². The Morgan fingerprint density at radius 1 is 1.20 bits per heavy atom. The molecule has 0 aliphatic rings. The van der Waals surface area contributed by atoms with Crippen molar-refractivity contribution in [3.8, 4) is 5.75 Å². The SMILES string of the molecule is O=[N+]([O-])c1ccc(O)c(Cl)c1[N+](=O)[O-].[NaH]. The summed E-state index contributed by atoms with van der Waals surface area (Å²) in [4.78, 5) is 18.8. The van der Waals surface area contributed by atoms with Gasteiger partial charge in [0.2, 0.25) is 0 Å². The number of benzene rings is 1. The fraction of sp³-hybridized carbons (Fsp3) is 0. The van der Waals surface area contributed by atoms with Crippen molar-refractivity contribution >= 4 is 52.5 Å². The predicted octanol–water partition coefficient (Wildman–Crippen LogP) is 1.21. The Kier molecular flexibility index (Phi) is 4.95. The third kappa shape index (κ3) is 2.78. The number of nitro groups is 2. The Hall–Kier alpha value is -0.890. The molecule has 7 nitrogen and oxygen atoms in total. The van der Waals surface area contributed by atoms with Crippen LogP contribution in [0.4, 0.5) is 11.4 Å². The van der Waals surface area contributed by atoms with E-state index in [4.69, 9.17) is 16.7 Å². The normalized spacial score (nSPS) is 9.13. The van der Waals surface area contributed by atoms with E-state index in [0.29, 0.717) is 0 Å². The molecule has 1 rings (SSSR count). The number of nitro benzene ring substituents is 2. The van der Waals surface area contributed by atoms with Crippen molar-refractivity contribution in [2.75, 3.05) is 0 Å². The molecule has 0 unspecified atom stereocenters. The van der Waals surface area contributed by atoms with Crippen LogP contribution >= 0.6 is 11.6 Å². The van der Waals surface area contributed by atoms with Crippen molar-refractivity contribution in [1.82, 2.24) is 0 Å². The van der Waals surface area contributed by atoms with Gasteiger partial charge in [-0.25, -0.2) is 0 Å². The van der Waals surface area contributed by atoms with E-state index in [9.17, 15) is 20.2 Å². The van der Waals surface area contributed by atoms with Crippen LogP contribution < -0.4 is 0 Å². The maximum absolute atomic E-state index is 10.4. The summed E-state index contributed by atoms with van der Waals surface area (Å²) in [6.07, 6.45) is 0. The predicted molar refractivity (Wildman–Crippen MR) is 53.6 cm³/mol. The van der Waals surface area contributed by atoms with Gasteiger partial charge in [0, 0.05) is 6.07 Å². The van der Waals surface area contributed by atoms with E-state index < -0.39 is 32.0 Å². The quantitative estimate of drug-likeness (QED) is 0.476. The maximum atomic E-state index is 10.4.